The van der Waals surface area contributed by atoms with Gasteiger partial charge in [0.1, 0.15) is 12.1 Å². The Bertz CT molecular complexity index is 1550. The second kappa shape index (κ2) is 9.60. The van der Waals surface area contributed by atoms with E-state index in [1.807, 2.05) is 12.1 Å². The summed E-state index contributed by atoms with van der Waals surface area (Å²) in [6.07, 6.45) is 12.4. The highest BCUT2D eigenvalue weighted by Crippen LogP contribution is 2.27. The molecule has 0 fully saturated rings. The maximum atomic E-state index is 13.2. The van der Waals surface area contributed by atoms with Crippen LogP contribution in [-0.2, 0) is 19.6 Å². The van der Waals surface area contributed by atoms with E-state index >= 15 is 0 Å². The van der Waals surface area contributed by atoms with Gasteiger partial charge in [-0.15, -0.1) is 6.42 Å². The predicted octanol–water partition coefficient (Wildman–Crippen LogP) is 3.97. The van der Waals surface area contributed by atoms with Crippen LogP contribution < -0.4 is 5.32 Å². The molecule has 4 aromatic rings. The van der Waals surface area contributed by atoms with Gasteiger partial charge in [-0.3, -0.25) is 0 Å². The quantitative estimate of drug-likeness (QED) is 0.247. The molecular weight excluding hydrogens is 452 g/mol. The molecule has 9 heteroatoms. The number of rotatable bonds is 7. The molecule has 0 atom stereocenters. The van der Waals surface area contributed by atoms with Gasteiger partial charge in [-0.25, -0.2) is 27.2 Å². The molecule has 34 heavy (non-hydrogen) atoms. The molecule has 2 aromatic heterocycles. The van der Waals surface area contributed by atoms with E-state index in [1.54, 1.807) is 31.2 Å². The van der Waals surface area contributed by atoms with Crippen LogP contribution in [0.4, 0.5) is 11.5 Å². The van der Waals surface area contributed by atoms with Gasteiger partial charge in [0.05, 0.1) is 17.0 Å². The molecule has 0 unspecified atom stereocenters. The van der Waals surface area contributed by atoms with Crippen molar-refractivity contribution in [2.45, 2.75) is 11.8 Å². The monoisotopic (exact) mass is 472 g/mol. The predicted molar refractivity (Wildman–Crippen MR) is 130 cm³/mol. The van der Waals surface area contributed by atoms with Gasteiger partial charge in [-0.2, -0.15) is 0 Å². The molecule has 2 aromatic carbocycles. The molecule has 8 nitrogen and oxygen atoms in total. The fourth-order valence-electron chi connectivity index (χ4n) is 3.24. The third kappa shape index (κ3) is 4.82. The van der Waals surface area contributed by atoms with E-state index in [0.717, 1.165) is 3.97 Å². The minimum absolute atomic E-state index is 0.0618. The van der Waals surface area contributed by atoms with E-state index in [0.29, 0.717) is 33.5 Å². The lowest BCUT2D eigenvalue weighted by Crippen LogP contribution is -2.11. The Kier molecular flexibility index (Phi) is 6.43. The zero-order valence-corrected chi connectivity index (χ0v) is 19.0. The molecule has 0 amide bonds. The largest absolute Gasteiger partial charge is 0.463 e. The number of benzene rings is 2. The van der Waals surface area contributed by atoms with Gasteiger partial charge < -0.3 is 10.1 Å². The highest BCUT2D eigenvalue weighted by molar-refractivity contribution is 7.90. The van der Waals surface area contributed by atoms with Crippen molar-refractivity contribution >= 4 is 44.5 Å². The molecular formula is C25H20N4O4S. The Labute approximate surface area is 197 Å². The number of aromatic nitrogens is 3. The molecule has 0 saturated heterocycles. The van der Waals surface area contributed by atoms with Gasteiger partial charge in [0.15, 0.2) is 0 Å². The molecule has 0 aliphatic heterocycles. The van der Waals surface area contributed by atoms with Gasteiger partial charge in [-0.1, -0.05) is 12.0 Å². The van der Waals surface area contributed by atoms with Crippen LogP contribution in [0.3, 0.4) is 0 Å². The van der Waals surface area contributed by atoms with Crippen LogP contribution in [0.5, 0.6) is 0 Å². The molecule has 170 valence electrons. The molecule has 0 saturated carbocycles. The normalized spacial score (nSPS) is 11.4. The van der Waals surface area contributed by atoms with Gasteiger partial charge >= 0.3 is 5.97 Å². The minimum atomic E-state index is -3.90. The summed E-state index contributed by atoms with van der Waals surface area (Å²) in [4.78, 5) is 20.1. The van der Waals surface area contributed by atoms with Crippen molar-refractivity contribution in [3.05, 3.63) is 84.5 Å². The summed E-state index contributed by atoms with van der Waals surface area (Å²) in [7, 11) is -3.90. The summed E-state index contributed by atoms with van der Waals surface area (Å²) in [5, 5.41) is 3.71. The van der Waals surface area contributed by atoms with Crippen LogP contribution in [-0.4, -0.2) is 34.9 Å². The van der Waals surface area contributed by atoms with E-state index in [9.17, 15) is 13.2 Å². The van der Waals surface area contributed by atoms with Crippen LogP contribution in [0.1, 0.15) is 18.1 Å². The van der Waals surface area contributed by atoms with Crippen molar-refractivity contribution in [1.82, 2.24) is 13.9 Å². The third-order valence-corrected chi connectivity index (χ3v) is 6.49. The fraction of sp³-hybridized carbons (Fsp3) is 0.0800. The van der Waals surface area contributed by atoms with Crippen molar-refractivity contribution < 1.29 is 17.9 Å². The first-order valence-electron chi connectivity index (χ1n) is 10.3. The van der Waals surface area contributed by atoms with Crippen LogP contribution in [0.15, 0.2) is 78.2 Å². The second-order valence-electron chi connectivity index (χ2n) is 7.12. The number of nitrogens with zero attached hydrogens (tertiary/aromatic N) is 3. The van der Waals surface area contributed by atoms with E-state index in [-0.39, 0.29) is 11.5 Å². The van der Waals surface area contributed by atoms with Crippen molar-refractivity contribution in [2.24, 2.45) is 0 Å². The summed E-state index contributed by atoms with van der Waals surface area (Å²) < 4.78 is 32.4. The number of terminal acetylenes is 1. The van der Waals surface area contributed by atoms with Crippen LogP contribution >= 0.6 is 0 Å². The Morgan fingerprint density at radius 1 is 1.21 bits per heavy atom. The van der Waals surface area contributed by atoms with Crippen LogP contribution in [0.25, 0.3) is 17.0 Å². The number of carbonyl (C=O) groups excluding carboxylic acids is 1. The average Bonchev–Trinajstić information content (AvgIpc) is 3.33. The molecule has 0 radical (unpaired) electrons. The Hall–Kier alpha value is -4.42. The fourth-order valence-corrected chi connectivity index (χ4v) is 4.47. The lowest BCUT2D eigenvalue weighted by atomic mass is 10.2. The highest BCUT2D eigenvalue weighted by atomic mass is 32.2. The smallest absolute Gasteiger partial charge is 0.330 e. The number of carbonyl (C=O) groups is 1. The first-order valence-corrected chi connectivity index (χ1v) is 11.7. The molecule has 2 heterocycles. The van der Waals surface area contributed by atoms with Crippen molar-refractivity contribution in [2.75, 3.05) is 11.9 Å². The first kappa shape index (κ1) is 22.8. The maximum Gasteiger partial charge on any atom is 0.330 e. The number of ether oxygens (including phenoxy) is 1. The average molecular weight is 473 g/mol. The number of fused-ring (bicyclic) bond motifs is 1. The summed E-state index contributed by atoms with van der Waals surface area (Å²) in [5.74, 6) is 2.52. The minimum Gasteiger partial charge on any atom is -0.463 e. The Balaban J connectivity index is 1.67. The third-order valence-electron chi connectivity index (χ3n) is 4.86. The molecule has 4 rings (SSSR count). The van der Waals surface area contributed by atoms with Crippen LogP contribution in [0.2, 0.25) is 0 Å². The number of hydrogen-bond acceptors (Lipinski definition) is 7. The topological polar surface area (TPSA) is 103 Å². The highest BCUT2D eigenvalue weighted by Gasteiger charge is 2.18. The Morgan fingerprint density at radius 2 is 2.06 bits per heavy atom. The standard InChI is InChI=1S/C25H20N4O4S/c1-3-18-6-5-7-20(14-18)28-25-22-15-21(9-10-23(22)26-17-27-25)34(31,32)29-13-12-19(16-29)8-11-24(30)33-4-2/h1,5-17H,4H2,2H3,(H,26,27,28). The summed E-state index contributed by atoms with van der Waals surface area (Å²) in [5.41, 5.74) is 2.53. The van der Waals surface area contributed by atoms with Gasteiger partial charge in [0.25, 0.3) is 10.0 Å². The number of esters is 1. The molecule has 0 aliphatic carbocycles. The summed E-state index contributed by atoms with van der Waals surface area (Å²) in [6, 6.07) is 13.5. The van der Waals surface area contributed by atoms with Gasteiger partial charge in [-0.05, 0) is 61.0 Å². The lowest BCUT2D eigenvalue weighted by Gasteiger charge is -2.11. The Morgan fingerprint density at radius 3 is 2.85 bits per heavy atom. The van der Waals surface area contributed by atoms with E-state index in [2.05, 4.69) is 21.2 Å². The SMILES string of the molecule is C#Cc1cccc(Nc2ncnc3ccc(S(=O)(=O)n4ccc(C=CC(=O)OCC)c4)cc23)c1. The molecule has 0 spiro atoms. The lowest BCUT2D eigenvalue weighted by molar-refractivity contribution is -0.137. The van der Waals surface area contributed by atoms with E-state index in [4.69, 9.17) is 11.2 Å². The molecule has 1 N–H and O–H groups in total. The number of hydrogen-bond donors (Lipinski definition) is 1. The van der Waals surface area contributed by atoms with E-state index < -0.39 is 16.0 Å². The van der Waals surface area contributed by atoms with Crippen molar-refractivity contribution in [3.8, 4) is 12.3 Å². The van der Waals surface area contributed by atoms with Gasteiger partial charge in [0.2, 0.25) is 0 Å². The summed E-state index contributed by atoms with van der Waals surface area (Å²) >= 11 is 0. The van der Waals surface area contributed by atoms with Crippen molar-refractivity contribution in [1.29, 1.82) is 0 Å². The first-order chi connectivity index (χ1) is 16.4. The maximum absolute atomic E-state index is 13.2. The molecule has 0 aliphatic rings. The number of nitrogens with one attached hydrogen (secondary N) is 1. The van der Waals surface area contributed by atoms with Crippen LogP contribution in [0, 0.1) is 12.3 Å². The zero-order chi connectivity index (χ0) is 24.1. The summed E-state index contributed by atoms with van der Waals surface area (Å²) in [6.45, 7) is 1.97. The zero-order valence-electron chi connectivity index (χ0n) is 18.2. The molecule has 0 bridgehead atoms. The van der Waals surface area contributed by atoms with E-state index in [1.165, 1.54) is 43.0 Å². The van der Waals surface area contributed by atoms with Gasteiger partial charge in [0, 0.05) is 35.1 Å². The van der Waals surface area contributed by atoms with Crippen molar-refractivity contribution in [3.63, 3.8) is 0 Å². The second-order valence-corrected chi connectivity index (χ2v) is 8.96. The number of anilines is 2.